The van der Waals surface area contributed by atoms with Gasteiger partial charge in [0.2, 0.25) is 0 Å². The number of fused-ring (bicyclic) bond motifs is 1. The second-order valence-corrected chi connectivity index (χ2v) is 8.47. The Morgan fingerprint density at radius 1 is 1.05 bits per heavy atom. The summed E-state index contributed by atoms with van der Waals surface area (Å²) in [4.78, 5) is 0. The van der Waals surface area contributed by atoms with Gasteiger partial charge >= 0.3 is 0 Å². The van der Waals surface area contributed by atoms with Crippen LogP contribution in [0.5, 0.6) is 0 Å². The van der Waals surface area contributed by atoms with E-state index in [2.05, 4.69) is 41.5 Å². The van der Waals surface area contributed by atoms with Crippen molar-refractivity contribution in [2.75, 3.05) is 0 Å². The van der Waals surface area contributed by atoms with Crippen molar-refractivity contribution in [3.8, 4) is 0 Å². The summed E-state index contributed by atoms with van der Waals surface area (Å²) in [6.45, 7) is 14.7. The fourth-order valence-corrected chi connectivity index (χ4v) is 5.14. The molecule has 0 aromatic heterocycles. The lowest BCUT2D eigenvalue weighted by molar-refractivity contribution is 0.0688. The zero-order valence-electron chi connectivity index (χ0n) is 14.2. The topological polar surface area (TPSA) is 0 Å². The molecule has 0 nitrogen and oxygen atoms in total. The summed E-state index contributed by atoms with van der Waals surface area (Å²) in [5, 5.41) is 0. The van der Waals surface area contributed by atoms with E-state index >= 15 is 0 Å². The molecule has 0 aromatic carbocycles. The third-order valence-corrected chi connectivity index (χ3v) is 7.12. The van der Waals surface area contributed by atoms with Crippen molar-refractivity contribution in [2.45, 2.75) is 80.1 Å². The molecular weight excluding hydrogens is 228 g/mol. The Kier molecular flexibility index (Phi) is 4.68. The molecule has 6 unspecified atom stereocenters. The van der Waals surface area contributed by atoms with Crippen LogP contribution in [0.15, 0.2) is 0 Å². The van der Waals surface area contributed by atoms with Crippen LogP contribution in [0.3, 0.4) is 0 Å². The van der Waals surface area contributed by atoms with Gasteiger partial charge in [-0.3, -0.25) is 0 Å². The molecular formula is C19H36. The molecule has 0 aliphatic heterocycles. The van der Waals surface area contributed by atoms with Gasteiger partial charge in [0.05, 0.1) is 0 Å². The lowest BCUT2D eigenvalue weighted by atomic mass is 9.63. The Bertz CT molecular complexity index is 290. The molecule has 6 atom stereocenters. The van der Waals surface area contributed by atoms with E-state index in [-0.39, 0.29) is 0 Å². The van der Waals surface area contributed by atoms with Crippen LogP contribution in [0.2, 0.25) is 0 Å². The van der Waals surface area contributed by atoms with Gasteiger partial charge in [0, 0.05) is 0 Å². The quantitative estimate of drug-likeness (QED) is 0.539. The summed E-state index contributed by atoms with van der Waals surface area (Å²) >= 11 is 0. The summed E-state index contributed by atoms with van der Waals surface area (Å²) in [5.41, 5.74) is 0.539. The van der Waals surface area contributed by atoms with E-state index in [1.165, 1.54) is 25.7 Å². The van der Waals surface area contributed by atoms with E-state index in [0.29, 0.717) is 5.41 Å². The fourth-order valence-electron chi connectivity index (χ4n) is 5.14. The molecule has 0 saturated heterocycles. The van der Waals surface area contributed by atoms with Crippen molar-refractivity contribution in [3.05, 3.63) is 0 Å². The number of hydrogen-bond donors (Lipinski definition) is 0. The van der Waals surface area contributed by atoms with Crippen LogP contribution in [0, 0.1) is 40.9 Å². The maximum atomic E-state index is 2.56. The average Bonchev–Trinajstić information content (AvgIpc) is 2.58. The van der Waals surface area contributed by atoms with Crippen molar-refractivity contribution >= 4 is 0 Å². The van der Waals surface area contributed by atoms with Gasteiger partial charge in [-0.25, -0.2) is 0 Å². The molecule has 0 heteroatoms. The minimum absolute atomic E-state index is 0.539. The number of rotatable bonds is 6. The van der Waals surface area contributed by atoms with Crippen LogP contribution in [0.1, 0.15) is 80.1 Å². The van der Waals surface area contributed by atoms with Crippen LogP contribution >= 0.6 is 0 Å². The Morgan fingerprint density at radius 2 is 1.68 bits per heavy atom. The van der Waals surface area contributed by atoms with Crippen LogP contribution in [0.4, 0.5) is 0 Å². The highest BCUT2D eigenvalue weighted by Crippen LogP contribution is 2.59. The predicted octanol–water partition coefficient (Wildman–Crippen LogP) is 6.16. The first-order valence-corrected chi connectivity index (χ1v) is 8.90. The van der Waals surface area contributed by atoms with Gasteiger partial charge < -0.3 is 0 Å². The van der Waals surface area contributed by atoms with Gasteiger partial charge in [-0.2, -0.15) is 0 Å². The van der Waals surface area contributed by atoms with E-state index < -0.39 is 0 Å². The Labute approximate surface area is 121 Å². The maximum absolute atomic E-state index is 2.56. The molecule has 0 heterocycles. The minimum Gasteiger partial charge on any atom is -0.0654 e. The molecule has 2 rings (SSSR count). The van der Waals surface area contributed by atoms with Crippen molar-refractivity contribution in [2.24, 2.45) is 40.9 Å². The van der Waals surface area contributed by atoms with Crippen LogP contribution < -0.4 is 0 Å². The smallest absolute Gasteiger partial charge is 0.0326 e. The molecule has 2 aliphatic carbocycles. The highest BCUT2D eigenvalue weighted by atomic mass is 14.6. The Hall–Kier alpha value is 0. The van der Waals surface area contributed by atoms with E-state index in [9.17, 15) is 0 Å². The first-order valence-electron chi connectivity index (χ1n) is 8.90. The van der Waals surface area contributed by atoms with Gasteiger partial charge in [0.1, 0.15) is 0 Å². The number of hydrogen-bond acceptors (Lipinski definition) is 0. The molecule has 0 amide bonds. The zero-order valence-corrected chi connectivity index (χ0v) is 14.2. The van der Waals surface area contributed by atoms with Crippen molar-refractivity contribution in [1.29, 1.82) is 0 Å². The summed E-state index contributed by atoms with van der Waals surface area (Å²) in [5.74, 6) is 6.17. The molecule has 2 fully saturated rings. The minimum atomic E-state index is 0.539. The van der Waals surface area contributed by atoms with E-state index in [1.54, 1.807) is 12.8 Å². The summed E-state index contributed by atoms with van der Waals surface area (Å²) in [6.07, 6.45) is 8.80. The standard InChI is InChI=1S/C19H36/c1-7-9-15-10-17-14(4)16(11-18(15)17)12-19(5,6)13(3)8-2/h13-18H,7-12H2,1-6H3. The van der Waals surface area contributed by atoms with Gasteiger partial charge in [0.25, 0.3) is 0 Å². The van der Waals surface area contributed by atoms with Gasteiger partial charge in [0.15, 0.2) is 0 Å². The maximum Gasteiger partial charge on any atom is -0.0326 e. The summed E-state index contributed by atoms with van der Waals surface area (Å²) in [6, 6.07) is 0. The van der Waals surface area contributed by atoms with E-state index in [1.807, 2.05) is 0 Å². The Morgan fingerprint density at radius 3 is 2.26 bits per heavy atom. The normalized spacial score (nSPS) is 39.8. The molecule has 0 aromatic rings. The SMILES string of the molecule is CCCC1CC2C(C)C(CC(C)(C)C(C)CC)CC12. The monoisotopic (exact) mass is 264 g/mol. The molecule has 0 spiro atoms. The zero-order chi connectivity index (χ0) is 14.2. The molecule has 0 N–H and O–H groups in total. The van der Waals surface area contributed by atoms with E-state index in [0.717, 1.165) is 35.5 Å². The van der Waals surface area contributed by atoms with E-state index in [4.69, 9.17) is 0 Å². The third kappa shape index (κ3) is 2.88. The summed E-state index contributed by atoms with van der Waals surface area (Å²) < 4.78 is 0. The van der Waals surface area contributed by atoms with Gasteiger partial charge in [-0.1, -0.05) is 60.8 Å². The second-order valence-electron chi connectivity index (χ2n) is 8.47. The third-order valence-electron chi connectivity index (χ3n) is 7.12. The van der Waals surface area contributed by atoms with Crippen LogP contribution in [-0.2, 0) is 0 Å². The van der Waals surface area contributed by atoms with Gasteiger partial charge in [-0.15, -0.1) is 0 Å². The van der Waals surface area contributed by atoms with Crippen molar-refractivity contribution in [3.63, 3.8) is 0 Å². The largest absolute Gasteiger partial charge is 0.0654 e. The van der Waals surface area contributed by atoms with Gasteiger partial charge in [-0.05, 0) is 60.2 Å². The molecule has 2 saturated carbocycles. The molecule has 0 bridgehead atoms. The molecule has 19 heavy (non-hydrogen) atoms. The Balaban J connectivity index is 1.93. The average molecular weight is 264 g/mol. The fraction of sp³-hybridized carbons (Fsp3) is 1.00. The first-order chi connectivity index (χ1) is 8.90. The predicted molar refractivity (Wildman–Crippen MR) is 85.1 cm³/mol. The first kappa shape index (κ1) is 15.4. The van der Waals surface area contributed by atoms with Crippen LogP contribution in [0.25, 0.3) is 0 Å². The molecule has 112 valence electrons. The van der Waals surface area contributed by atoms with Crippen LogP contribution in [-0.4, -0.2) is 0 Å². The highest BCUT2D eigenvalue weighted by molar-refractivity contribution is 5.01. The second kappa shape index (κ2) is 5.78. The lowest BCUT2D eigenvalue weighted by Gasteiger charge is -2.42. The van der Waals surface area contributed by atoms with Crippen molar-refractivity contribution in [1.82, 2.24) is 0 Å². The van der Waals surface area contributed by atoms with Crippen molar-refractivity contribution < 1.29 is 0 Å². The molecule has 0 radical (unpaired) electrons. The lowest BCUT2D eigenvalue weighted by Crippen LogP contribution is -2.35. The highest BCUT2D eigenvalue weighted by Gasteiger charge is 2.51. The summed E-state index contributed by atoms with van der Waals surface area (Å²) in [7, 11) is 0. The molecule has 2 aliphatic rings.